The van der Waals surface area contributed by atoms with Crippen molar-refractivity contribution in [3.05, 3.63) is 29.8 Å². The Kier molecular flexibility index (Phi) is 5.76. The zero-order chi connectivity index (χ0) is 11.1. The predicted molar refractivity (Wildman–Crippen MR) is 64.3 cm³/mol. The summed E-state index contributed by atoms with van der Waals surface area (Å²) in [6, 6.07) is 7.99. The number of thioether (sulfide) groups is 1. The van der Waals surface area contributed by atoms with E-state index < -0.39 is 6.10 Å². The summed E-state index contributed by atoms with van der Waals surface area (Å²) in [6.07, 6.45) is 0.645. The molecule has 1 atom stereocenters. The molecule has 15 heavy (non-hydrogen) atoms. The molecule has 0 radical (unpaired) electrons. The molecule has 0 bridgehead atoms. The third kappa shape index (κ3) is 4.24. The zero-order valence-corrected chi connectivity index (χ0v) is 10.1. The number of rotatable bonds is 6. The summed E-state index contributed by atoms with van der Waals surface area (Å²) < 4.78 is 4.99. The van der Waals surface area contributed by atoms with Crippen molar-refractivity contribution in [2.24, 2.45) is 0 Å². The summed E-state index contributed by atoms with van der Waals surface area (Å²) in [5.74, 6) is 1.03. The van der Waals surface area contributed by atoms with Gasteiger partial charge in [-0.2, -0.15) is 0 Å². The molecule has 0 aliphatic rings. The molecule has 0 spiro atoms. The quantitative estimate of drug-likeness (QED) is 0.597. The summed E-state index contributed by atoms with van der Waals surface area (Å²) in [5.41, 5.74) is 1.01. The molecule has 0 aromatic heterocycles. The van der Waals surface area contributed by atoms with Gasteiger partial charge in [0.15, 0.2) is 0 Å². The Morgan fingerprint density at radius 2 is 2.13 bits per heavy atom. The van der Waals surface area contributed by atoms with E-state index >= 15 is 0 Å². The Morgan fingerprint density at radius 3 is 2.80 bits per heavy atom. The fourth-order valence-electron chi connectivity index (χ4n) is 1.34. The fourth-order valence-corrected chi connectivity index (χ4v) is 2.40. The molecule has 0 unspecified atom stereocenters. The molecule has 0 heterocycles. The van der Waals surface area contributed by atoms with Crippen LogP contribution in [0.25, 0.3) is 0 Å². The van der Waals surface area contributed by atoms with Crippen LogP contribution < -0.4 is 0 Å². The molecular formula is C12H18O2S. The first kappa shape index (κ1) is 12.6. The first-order valence-corrected chi connectivity index (χ1v) is 6.13. The number of benzene rings is 1. The molecule has 0 amide bonds. The van der Waals surface area contributed by atoms with Crippen molar-refractivity contribution in [2.75, 3.05) is 19.5 Å². The lowest BCUT2D eigenvalue weighted by Crippen LogP contribution is -1.95. The van der Waals surface area contributed by atoms with Gasteiger partial charge < -0.3 is 9.84 Å². The van der Waals surface area contributed by atoms with Gasteiger partial charge in [0, 0.05) is 24.4 Å². The average Bonchev–Trinajstić information content (AvgIpc) is 2.25. The third-order valence-corrected chi connectivity index (χ3v) is 3.30. The first-order chi connectivity index (χ1) is 7.25. The minimum atomic E-state index is -0.392. The van der Waals surface area contributed by atoms with Gasteiger partial charge in [-0.1, -0.05) is 18.2 Å². The van der Waals surface area contributed by atoms with E-state index in [1.165, 1.54) is 4.90 Å². The largest absolute Gasteiger partial charge is 0.389 e. The fraction of sp³-hybridized carbons (Fsp3) is 0.500. The number of aliphatic hydroxyl groups is 1. The smallest absolute Gasteiger partial charge is 0.0772 e. The van der Waals surface area contributed by atoms with Gasteiger partial charge in [0.05, 0.1) is 6.10 Å². The zero-order valence-electron chi connectivity index (χ0n) is 9.27. The number of ether oxygens (including phenoxy) is 1. The standard InChI is InChI=1S/C12H18O2S/c1-10(13)11-6-3-4-7-12(11)15-9-5-8-14-2/h3-4,6-7,10,13H,5,8-9H2,1-2H3/t10-/m1/s1. The predicted octanol–water partition coefficient (Wildman–Crippen LogP) is 2.87. The summed E-state index contributed by atoms with van der Waals surface area (Å²) in [5, 5.41) is 9.57. The normalized spacial score (nSPS) is 12.7. The van der Waals surface area contributed by atoms with E-state index in [1.54, 1.807) is 25.8 Å². The van der Waals surface area contributed by atoms with Crippen LogP contribution >= 0.6 is 11.8 Å². The second-order valence-corrected chi connectivity index (χ2v) is 4.55. The van der Waals surface area contributed by atoms with Crippen LogP contribution in [-0.2, 0) is 4.74 Å². The van der Waals surface area contributed by atoms with E-state index in [4.69, 9.17) is 4.74 Å². The van der Waals surface area contributed by atoms with Gasteiger partial charge in [-0.15, -0.1) is 11.8 Å². The van der Waals surface area contributed by atoms with Crippen LogP contribution in [-0.4, -0.2) is 24.6 Å². The molecule has 0 aliphatic heterocycles. The number of hydrogen-bond donors (Lipinski definition) is 1. The van der Waals surface area contributed by atoms with Gasteiger partial charge in [0.2, 0.25) is 0 Å². The van der Waals surface area contributed by atoms with E-state index in [1.807, 2.05) is 18.2 Å². The highest BCUT2D eigenvalue weighted by Gasteiger charge is 2.06. The topological polar surface area (TPSA) is 29.5 Å². The maximum Gasteiger partial charge on any atom is 0.0772 e. The van der Waals surface area contributed by atoms with Crippen LogP contribution in [0.5, 0.6) is 0 Å². The van der Waals surface area contributed by atoms with E-state index in [0.29, 0.717) is 0 Å². The minimum Gasteiger partial charge on any atom is -0.389 e. The lowest BCUT2D eigenvalue weighted by molar-refractivity contribution is 0.196. The summed E-state index contributed by atoms with van der Waals surface area (Å²) in [4.78, 5) is 1.17. The summed E-state index contributed by atoms with van der Waals surface area (Å²) >= 11 is 1.78. The molecule has 1 aromatic carbocycles. The van der Waals surface area contributed by atoms with Gasteiger partial charge in [0.25, 0.3) is 0 Å². The van der Waals surface area contributed by atoms with Gasteiger partial charge >= 0.3 is 0 Å². The maximum atomic E-state index is 9.57. The maximum absolute atomic E-state index is 9.57. The molecule has 0 saturated heterocycles. The lowest BCUT2D eigenvalue weighted by Gasteiger charge is -2.10. The van der Waals surface area contributed by atoms with Gasteiger partial charge in [-0.25, -0.2) is 0 Å². The van der Waals surface area contributed by atoms with Crippen LogP contribution in [0.4, 0.5) is 0 Å². The second-order valence-electron chi connectivity index (χ2n) is 3.41. The highest BCUT2D eigenvalue weighted by Crippen LogP contribution is 2.27. The number of hydrogen-bond acceptors (Lipinski definition) is 3. The van der Waals surface area contributed by atoms with Crippen LogP contribution in [0.15, 0.2) is 29.2 Å². The molecule has 0 saturated carbocycles. The lowest BCUT2D eigenvalue weighted by atomic mass is 10.1. The van der Waals surface area contributed by atoms with Gasteiger partial charge in [-0.3, -0.25) is 0 Å². The van der Waals surface area contributed by atoms with Crippen molar-refractivity contribution in [1.82, 2.24) is 0 Å². The van der Waals surface area contributed by atoms with Crippen LogP contribution in [0, 0.1) is 0 Å². The van der Waals surface area contributed by atoms with Crippen LogP contribution in [0.1, 0.15) is 25.0 Å². The monoisotopic (exact) mass is 226 g/mol. The second kappa shape index (κ2) is 6.88. The molecule has 3 heteroatoms. The Hall–Kier alpha value is -0.510. The van der Waals surface area contributed by atoms with E-state index in [2.05, 4.69) is 6.07 Å². The Balaban J connectivity index is 2.52. The van der Waals surface area contributed by atoms with Gasteiger partial charge in [-0.05, 0) is 25.0 Å². The highest BCUT2D eigenvalue weighted by atomic mass is 32.2. The van der Waals surface area contributed by atoms with E-state index in [9.17, 15) is 5.11 Å². The molecule has 84 valence electrons. The van der Waals surface area contributed by atoms with Crippen molar-refractivity contribution in [3.8, 4) is 0 Å². The number of aliphatic hydroxyl groups excluding tert-OH is 1. The van der Waals surface area contributed by atoms with Crippen molar-refractivity contribution < 1.29 is 9.84 Å². The highest BCUT2D eigenvalue weighted by molar-refractivity contribution is 7.99. The van der Waals surface area contributed by atoms with Gasteiger partial charge in [0.1, 0.15) is 0 Å². The molecular weight excluding hydrogens is 208 g/mol. The Bertz CT molecular complexity index is 287. The molecule has 1 aromatic rings. The molecule has 0 aliphatic carbocycles. The van der Waals surface area contributed by atoms with Crippen molar-refractivity contribution >= 4 is 11.8 Å². The van der Waals surface area contributed by atoms with Crippen LogP contribution in [0.2, 0.25) is 0 Å². The molecule has 0 fully saturated rings. The summed E-state index contributed by atoms with van der Waals surface area (Å²) in [7, 11) is 1.72. The number of methoxy groups -OCH3 is 1. The summed E-state index contributed by atoms with van der Waals surface area (Å²) in [6.45, 7) is 2.60. The first-order valence-electron chi connectivity index (χ1n) is 5.14. The SMILES string of the molecule is COCCCSc1ccccc1[C@@H](C)O. The Morgan fingerprint density at radius 1 is 1.40 bits per heavy atom. The Labute approximate surface area is 95.7 Å². The molecule has 1 N–H and O–H groups in total. The van der Waals surface area contributed by atoms with Crippen LogP contribution in [0.3, 0.4) is 0 Å². The molecule has 1 rings (SSSR count). The molecule has 2 nitrogen and oxygen atoms in total. The van der Waals surface area contributed by atoms with E-state index in [-0.39, 0.29) is 0 Å². The van der Waals surface area contributed by atoms with E-state index in [0.717, 1.165) is 24.3 Å². The van der Waals surface area contributed by atoms with Crippen molar-refractivity contribution in [3.63, 3.8) is 0 Å². The average molecular weight is 226 g/mol. The van der Waals surface area contributed by atoms with Crippen molar-refractivity contribution in [2.45, 2.75) is 24.3 Å². The van der Waals surface area contributed by atoms with Crippen molar-refractivity contribution in [1.29, 1.82) is 0 Å². The third-order valence-electron chi connectivity index (χ3n) is 2.12. The minimum absolute atomic E-state index is 0.392.